The van der Waals surface area contributed by atoms with Crippen molar-refractivity contribution in [1.82, 2.24) is 5.32 Å². The number of hydrogen-bond donors (Lipinski definition) is 2. The molecule has 2 rings (SSSR count). The average Bonchev–Trinajstić information content (AvgIpc) is 2.96. The van der Waals surface area contributed by atoms with Crippen molar-refractivity contribution >= 4 is 41.3 Å². The molecule has 1 aliphatic rings. The van der Waals surface area contributed by atoms with Crippen LogP contribution in [-0.4, -0.2) is 34.5 Å². The molecule has 21 heavy (non-hydrogen) atoms. The Morgan fingerprint density at radius 3 is 2.90 bits per heavy atom. The molecule has 1 amide bonds. The predicted molar refractivity (Wildman–Crippen MR) is 85.9 cm³/mol. The van der Waals surface area contributed by atoms with Crippen LogP contribution in [0.3, 0.4) is 0 Å². The normalized spacial score (nSPS) is 18.0. The van der Waals surface area contributed by atoms with Crippen molar-refractivity contribution in [2.75, 3.05) is 12.3 Å². The van der Waals surface area contributed by atoms with Crippen molar-refractivity contribution in [1.29, 1.82) is 0 Å². The number of amides is 1. The number of thioether (sulfide) groups is 1. The third-order valence-electron chi connectivity index (χ3n) is 3.18. The Balaban J connectivity index is 1.98. The number of halogens is 1. The van der Waals surface area contributed by atoms with E-state index in [0.29, 0.717) is 27.9 Å². The molecule has 1 saturated heterocycles. The van der Waals surface area contributed by atoms with Gasteiger partial charge in [0.25, 0.3) is 5.91 Å². The summed E-state index contributed by atoms with van der Waals surface area (Å²) >= 11 is 7.94. The molecule has 0 bridgehead atoms. The summed E-state index contributed by atoms with van der Waals surface area (Å²) in [7, 11) is 0. The van der Waals surface area contributed by atoms with Gasteiger partial charge in [0.15, 0.2) is 0 Å². The number of rotatable bonds is 5. The lowest BCUT2D eigenvalue weighted by molar-refractivity contribution is -0.131. The number of nitrogens with one attached hydrogen (secondary N) is 1. The Kier molecular flexibility index (Phi) is 5.70. The standard InChI is InChI=1S/C15H16ClNO3S/c16-13-8-11(4-3-10(13)5-6-14(18)19)15(20)17-9-12-2-1-7-21-12/h3-6,8,12H,1-2,7,9H2,(H,17,20)(H,18,19)/b6-5+. The van der Waals surface area contributed by atoms with E-state index < -0.39 is 5.97 Å². The van der Waals surface area contributed by atoms with Gasteiger partial charge in [0, 0.05) is 28.5 Å². The first kappa shape index (κ1) is 15.9. The molecule has 1 aromatic rings. The van der Waals surface area contributed by atoms with E-state index in [1.54, 1.807) is 18.2 Å². The molecule has 1 heterocycles. The quantitative estimate of drug-likeness (QED) is 0.816. The number of hydrogen-bond acceptors (Lipinski definition) is 3. The molecule has 0 aromatic heterocycles. The van der Waals surface area contributed by atoms with Gasteiger partial charge in [-0.25, -0.2) is 4.79 Å². The fourth-order valence-electron chi connectivity index (χ4n) is 2.08. The van der Waals surface area contributed by atoms with Gasteiger partial charge in [0.1, 0.15) is 0 Å². The van der Waals surface area contributed by atoms with Crippen LogP contribution in [0.15, 0.2) is 24.3 Å². The predicted octanol–water partition coefficient (Wildman–Crippen LogP) is 3.06. The van der Waals surface area contributed by atoms with Gasteiger partial charge in [-0.1, -0.05) is 17.7 Å². The zero-order chi connectivity index (χ0) is 15.2. The first-order valence-electron chi connectivity index (χ1n) is 6.66. The van der Waals surface area contributed by atoms with Gasteiger partial charge < -0.3 is 10.4 Å². The van der Waals surface area contributed by atoms with Crippen molar-refractivity contribution in [3.63, 3.8) is 0 Å². The molecule has 0 radical (unpaired) electrons. The number of aliphatic carboxylic acids is 1. The molecule has 1 unspecified atom stereocenters. The Bertz CT molecular complexity index is 568. The van der Waals surface area contributed by atoms with E-state index in [1.165, 1.54) is 12.5 Å². The molecular formula is C15H16ClNO3S. The van der Waals surface area contributed by atoms with Crippen molar-refractivity contribution < 1.29 is 14.7 Å². The molecule has 1 atom stereocenters. The van der Waals surface area contributed by atoms with Gasteiger partial charge in [-0.3, -0.25) is 4.79 Å². The van der Waals surface area contributed by atoms with E-state index in [9.17, 15) is 9.59 Å². The van der Waals surface area contributed by atoms with Gasteiger partial charge in [0.05, 0.1) is 0 Å². The lowest BCUT2D eigenvalue weighted by atomic mass is 10.1. The first-order valence-corrected chi connectivity index (χ1v) is 8.09. The summed E-state index contributed by atoms with van der Waals surface area (Å²) in [5.74, 6) is -0.0307. The van der Waals surface area contributed by atoms with Gasteiger partial charge in [-0.05, 0) is 42.4 Å². The van der Waals surface area contributed by atoms with Crippen LogP contribution in [0.5, 0.6) is 0 Å². The summed E-state index contributed by atoms with van der Waals surface area (Å²) in [6.45, 7) is 0.668. The van der Waals surface area contributed by atoms with Crippen LogP contribution in [0.25, 0.3) is 6.08 Å². The summed E-state index contributed by atoms with van der Waals surface area (Å²) in [5.41, 5.74) is 1.05. The highest BCUT2D eigenvalue weighted by atomic mass is 35.5. The Hall–Kier alpha value is -1.46. The largest absolute Gasteiger partial charge is 0.478 e. The van der Waals surface area contributed by atoms with Crippen LogP contribution >= 0.6 is 23.4 Å². The summed E-state index contributed by atoms with van der Waals surface area (Å²) in [4.78, 5) is 22.5. The number of carbonyl (C=O) groups excluding carboxylic acids is 1. The van der Waals surface area contributed by atoms with Crippen LogP contribution in [0.1, 0.15) is 28.8 Å². The van der Waals surface area contributed by atoms with Crippen molar-refractivity contribution in [3.8, 4) is 0 Å². The van der Waals surface area contributed by atoms with Crippen LogP contribution in [-0.2, 0) is 4.79 Å². The molecule has 0 spiro atoms. The van der Waals surface area contributed by atoms with Gasteiger partial charge >= 0.3 is 5.97 Å². The lowest BCUT2D eigenvalue weighted by Crippen LogP contribution is -2.29. The molecule has 4 nitrogen and oxygen atoms in total. The molecule has 1 fully saturated rings. The van der Waals surface area contributed by atoms with Gasteiger partial charge in [-0.15, -0.1) is 0 Å². The Labute approximate surface area is 132 Å². The summed E-state index contributed by atoms with van der Waals surface area (Å²) < 4.78 is 0. The Morgan fingerprint density at radius 2 is 2.29 bits per heavy atom. The van der Waals surface area contributed by atoms with E-state index in [-0.39, 0.29) is 5.91 Å². The molecule has 0 saturated carbocycles. The highest BCUT2D eigenvalue weighted by molar-refractivity contribution is 8.00. The molecule has 2 N–H and O–H groups in total. The zero-order valence-electron chi connectivity index (χ0n) is 11.3. The van der Waals surface area contributed by atoms with E-state index in [4.69, 9.17) is 16.7 Å². The molecule has 112 valence electrons. The van der Waals surface area contributed by atoms with E-state index in [1.807, 2.05) is 11.8 Å². The maximum atomic E-state index is 12.0. The summed E-state index contributed by atoms with van der Waals surface area (Å²) in [6, 6.07) is 4.84. The van der Waals surface area contributed by atoms with E-state index in [2.05, 4.69) is 5.32 Å². The number of carboxylic acids is 1. The highest BCUT2D eigenvalue weighted by Gasteiger charge is 2.16. The zero-order valence-corrected chi connectivity index (χ0v) is 12.9. The number of carbonyl (C=O) groups is 2. The van der Waals surface area contributed by atoms with Crippen LogP contribution in [0.4, 0.5) is 0 Å². The van der Waals surface area contributed by atoms with E-state index >= 15 is 0 Å². The monoisotopic (exact) mass is 325 g/mol. The van der Waals surface area contributed by atoms with Crippen molar-refractivity contribution in [2.24, 2.45) is 0 Å². The maximum Gasteiger partial charge on any atom is 0.328 e. The minimum atomic E-state index is -1.04. The lowest BCUT2D eigenvalue weighted by Gasteiger charge is -2.10. The molecule has 1 aliphatic heterocycles. The highest BCUT2D eigenvalue weighted by Crippen LogP contribution is 2.25. The maximum absolute atomic E-state index is 12.0. The summed E-state index contributed by atoms with van der Waals surface area (Å²) in [5, 5.41) is 12.4. The number of benzene rings is 1. The van der Waals surface area contributed by atoms with Crippen molar-refractivity contribution in [3.05, 3.63) is 40.4 Å². The average molecular weight is 326 g/mol. The molecule has 1 aromatic carbocycles. The molecule has 6 heteroatoms. The van der Waals surface area contributed by atoms with Crippen LogP contribution in [0, 0.1) is 0 Å². The minimum Gasteiger partial charge on any atom is -0.478 e. The SMILES string of the molecule is O=C(O)/C=C/c1ccc(C(=O)NCC2CCCS2)cc1Cl. The first-order chi connectivity index (χ1) is 10.1. The second-order valence-electron chi connectivity index (χ2n) is 4.75. The van der Waals surface area contributed by atoms with Gasteiger partial charge in [-0.2, -0.15) is 11.8 Å². The smallest absolute Gasteiger partial charge is 0.328 e. The molecular weight excluding hydrogens is 310 g/mol. The van der Waals surface area contributed by atoms with Crippen molar-refractivity contribution in [2.45, 2.75) is 18.1 Å². The van der Waals surface area contributed by atoms with Gasteiger partial charge in [0.2, 0.25) is 0 Å². The second kappa shape index (κ2) is 7.52. The second-order valence-corrected chi connectivity index (χ2v) is 6.57. The fraction of sp³-hybridized carbons (Fsp3) is 0.333. The third kappa shape index (κ3) is 4.79. The van der Waals surface area contributed by atoms with Crippen LogP contribution < -0.4 is 5.32 Å². The van der Waals surface area contributed by atoms with E-state index in [0.717, 1.165) is 18.2 Å². The third-order valence-corrected chi connectivity index (χ3v) is 4.91. The van der Waals surface area contributed by atoms with Crippen LogP contribution in [0.2, 0.25) is 5.02 Å². The molecule has 0 aliphatic carbocycles. The minimum absolute atomic E-state index is 0.154. The fourth-order valence-corrected chi connectivity index (χ4v) is 3.52. The topological polar surface area (TPSA) is 66.4 Å². The Morgan fingerprint density at radius 1 is 1.48 bits per heavy atom. The number of carboxylic acid groups (broad SMARTS) is 1. The summed E-state index contributed by atoms with van der Waals surface area (Å²) in [6.07, 6.45) is 4.77.